The molecule has 0 aromatic heterocycles. The van der Waals surface area contributed by atoms with Crippen molar-refractivity contribution in [2.24, 2.45) is 0 Å². The van der Waals surface area contributed by atoms with Gasteiger partial charge in [-0.05, 0) is 6.07 Å². The second-order valence-electron chi connectivity index (χ2n) is 4.75. The zero-order valence-electron chi connectivity index (χ0n) is 11.1. The van der Waals surface area contributed by atoms with Crippen molar-refractivity contribution in [3.05, 3.63) is 34.4 Å². The molecule has 0 atom stereocenters. The monoisotopic (exact) mass is 279 g/mol. The van der Waals surface area contributed by atoms with Gasteiger partial charge in [0.25, 0.3) is 5.69 Å². The van der Waals surface area contributed by atoms with Crippen molar-refractivity contribution in [2.75, 3.05) is 37.6 Å². The molecule has 0 bridgehead atoms. The van der Waals surface area contributed by atoms with Gasteiger partial charge < -0.3 is 10.0 Å². The molecule has 1 aliphatic heterocycles. The van der Waals surface area contributed by atoms with Crippen LogP contribution in [0.3, 0.4) is 0 Å². The maximum absolute atomic E-state index is 10.8. The number of nitro benzene ring substituents is 1. The van der Waals surface area contributed by atoms with E-state index in [4.69, 9.17) is 5.11 Å². The Morgan fingerprint density at radius 3 is 2.60 bits per heavy atom. The summed E-state index contributed by atoms with van der Waals surface area (Å²) in [5, 5.41) is 19.4. The highest BCUT2D eigenvalue weighted by Crippen LogP contribution is 2.22. The van der Waals surface area contributed by atoms with E-state index in [2.05, 4.69) is 9.80 Å². The Bertz CT molecular complexity index is 498. The minimum absolute atomic E-state index is 0.0933. The van der Waals surface area contributed by atoms with Crippen molar-refractivity contribution in [1.82, 2.24) is 4.90 Å². The van der Waals surface area contributed by atoms with Gasteiger partial charge in [0.2, 0.25) is 0 Å². The summed E-state index contributed by atoms with van der Waals surface area (Å²) in [4.78, 5) is 25.1. The fourth-order valence-electron chi connectivity index (χ4n) is 2.29. The van der Waals surface area contributed by atoms with Crippen molar-refractivity contribution < 1.29 is 14.8 Å². The molecular weight excluding hydrogens is 262 g/mol. The van der Waals surface area contributed by atoms with Gasteiger partial charge in [0, 0.05) is 50.5 Å². The van der Waals surface area contributed by atoms with Gasteiger partial charge >= 0.3 is 5.97 Å². The molecule has 2 rings (SSSR count). The lowest BCUT2D eigenvalue weighted by atomic mass is 10.2. The maximum Gasteiger partial charge on any atom is 0.304 e. The van der Waals surface area contributed by atoms with E-state index in [1.165, 1.54) is 6.07 Å². The van der Waals surface area contributed by atoms with Crippen molar-refractivity contribution in [2.45, 2.75) is 6.42 Å². The molecule has 1 heterocycles. The van der Waals surface area contributed by atoms with E-state index >= 15 is 0 Å². The van der Waals surface area contributed by atoms with E-state index in [0.717, 1.165) is 31.9 Å². The highest BCUT2D eigenvalue weighted by molar-refractivity contribution is 5.66. The number of hydrogen-bond acceptors (Lipinski definition) is 5. The van der Waals surface area contributed by atoms with Crippen LogP contribution in [0.4, 0.5) is 11.4 Å². The van der Waals surface area contributed by atoms with Gasteiger partial charge in [0.05, 0.1) is 11.3 Å². The van der Waals surface area contributed by atoms with Gasteiger partial charge in [0.1, 0.15) is 0 Å². The van der Waals surface area contributed by atoms with E-state index in [9.17, 15) is 14.9 Å². The predicted molar refractivity (Wildman–Crippen MR) is 74.0 cm³/mol. The minimum Gasteiger partial charge on any atom is -0.481 e. The predicted octanol–water partition coefficient (Wildman–Crippen LogP) is 1.19. The topological polar surface area (TPSA) is 86.9 Å². The molecule has 7 nitrogen and oxygen atoms in total. The zero-order chi connectivity index (χ0) is 14.5. The van der Waals surface area contributed by atoms with Gasteiger partial charge in [-0.2, -0.15) is 0 Å². The van der Waals surface area contributed by atoms with Crippen LogP contribution in [0, 0.1) is 10.1 Å². The van der Waals surface area contributed by atoms with Crippen molar-refractivity contribution >= 4 is 17.3 Å². The smallest absolute Gasteiger partial charge is 0.304 e. The Kier molecular flexibility index (Phi) is 4.52. The Hall–Kier alpha value is -2.15. The van der Waals surface area contributed by atoms with Crippen molar-refractivity contribution in [1.29, 1.82) is 0 Å². The summed E-state index contributed by atoms with van der Waals surface area (Å²) < 4.78 is 0. The fraction of sp³-hybridized carbons (Fsp3) is 0.462. The summed E-state index contributed by atoms with van der Waals surface area (Å²) in [6.45, 7) is 3.60. The number of nitrogens with zero attached hydrogens (tertiary/aromatic N) is 3. The summed E-state index contributed by atoms with van der Waals surface area (Å²) in [6, 6.07) is 6.60. The van der Waals surface area contributed by atoms with Crippen LogP contribution in [0.2, 0.25) is 0 Å². The fourth-order valence-corrected chi connectivity index (χ4v) is 2.29. The van der Waals surface area contributed by atoms with Crippen LogP contribution in [0.25, 0.3) is 0 Å². The molecule has 1 fully saturated rings. The summed E-state index contributed by atoms with van der Waals surface area (Å²) >= 11 is 0. The number of benzene rings is 1. The molecule has 0 spiro atoms. The van der Waals surface area contributed by atoms with E-state index in [0.29, 0.717) is 6.54 Å². The normalized spacial score (nSPS) is 16.1. The Balaban J connectivity index is 1.92. The molecule has 1 aliphatic rings. The molecule has 0 unspecified atom stereocenters. The van der Waals surface area contributed by atoms with E-state index in [-0.39, 0.29) is 12.1 Å². The molecule has 1 saturated heterocycles. The highest BCUT2D eigenvalue weighted by Gasteiger charge is 2.18. The second kappa shape index (κ2) is 6.33. The van der Waals surface area contributed by atoms with Crippen LogP contribution >= 0.6 is 0 Å². The molecule has 7 heteroatoms. The lowest BCUT2D eigenvalue weighted by molar-refractivity contribution is -0.384. The number of carboxylic acid groups (broad SMARTS) is 1. The lowest BCUT2D eigenvalue weighted by Crippen LogP contribution is -2.46. The average molecular weight is 279 g/mol. The van der Waals surface area contributed by atoms with Crippen LogP contribution in [0.5, 0.6) is 0 Å². The Labute approximate surface area is 116 Å². The van der Waals surface area contributed by atoms with Gasteiger partial charge in [-0.3, -0.25) is 19.8 Å². The minimum atomic E-state index is -0.786. The van der Waals surface area contributed by atoms with Gasteiger partial charge in [-0.1, -0.05) is 6.07 Å². The molecule has 0 radical (unpaired) electrons. The first-order valence-corrected chi connectivity index (χ1v) is 6.50. The third-order valence-corrected chi connectivity index (χ3v) is 3.42. The van der Waals surface area contributed by atoms with Gasteiger partial charge in [0.15, 0.2) is 0 Å². The number of nitro groups is 1. The van der Waals surface area contributed by atoms with Crippen LogP contribution in [-0.2, 0) is 4.79 Å². The first kappa shape index (κ1) is 14.3. The van der Waals surface area contributed by atoms with Crippen LogP contribution in [0.1, 0.15) is 6.42 Å². The second-order valence-corrected chi connectivity index (χ2v) is 4.75. The number of carbonyl (C=O) groups is 1. The number of rotatable bonds is 5. The molecule has 0 saturated carbocycles. The number of carboxylic acids is 1. The molecule has 0 amide bonds. The Morgan fingerprint density at radius 1 is 1.30 bits per heavy atom. The first-order chi connectivity index (χ1) is 9.56. The number of non-ortho nitro benzene ring substituents is 1. The highest BCUT2D eigenvalue weighted by atomic mass is 16.6. The molecule has 108 valence electrons. The van der Waals surface area contributed by atoms with Crippen LogP contribution in [-0.4, -0.2) is 53.6 Å². The lowest BCUT2D eigenvalue weighted by Gasteiger charge is -2.35. The van der Waals surface area contributed by atoms with Gasteiger partial charge in [-0.15, -0.1) is 0 Å². The zero-order valence-corrected chi connectivity index (χ0v) is 11.1. The average Bonchev–Trinajstić information content (AvgIpc) is 2.46. The number of hydrogen-bond donors (Lipinski definition) is 1. The Morgan fingerprint density at radius 2 is 2.00 bits per heavy atom. The van der Waals surface area contributed by atoms with E-state index < -0.39 is 10.9 Å². The van der Waals surface area contributed by atoms with Crippen molar-refractivity contribution in [3.8, 4) is 0 Å². The molecular formula is C13H17N3O4. The molecule has 20 heavy (non-hydrogen) atoms. The quantitative estimate of drug-likeness (QED) is 0.643. The molecule has 1 aromatic carbocycles. The third kappa shape index (κ3) is 3.67. The number of piperazine rings is 1. The number of anilines is 1. The van der Waals surface area contributed by atoms with Crippen molar-refractivity contribution in [3.63, 3.8) is 0 Å². The SMILES string of the molecule is O=C(O)CCN1CCN(c2cccc([N+](=O)[O-])c2)CC1. The molecule has 1 N–H and O–H groups in total. The molecule has 1 aromatic rings. The van der Waals surface area contributed by atoms with E-state index in [1.54, 1.807) is 12.1 Å². The number of aliphatic carboxylic acids is 1. The van der Waals surface area contributed by atoms with E-state index in [1.807, 2.05) is 6.07 Å². The molecule has 0 aliphatic carbocycles. The first-order valence-electron chi connectivity index (χ1n) is 6.50. The standard InChI is InChI=1S/C13H17N3O4/c17-13(18)4-5-14-6-8-15(9-7-14)11-2-1-3-12(10-11)16(19)20/h1-3,10H,4-9H2,(H,17,18). The largest absolute Gasteiger partial charge is 0.481 e. The summed E-state index contributed by atoms with van der Waals surface area (Å²) in [7, 11) is 0. The summed E-state index contributed by atoms with van der Waals surface area (Å²) in [6.07, 6.45) is 0.150. The maximum atomic E-state index is 10.8. The van der Waals surface area contributed by atoms with Gasteiger partial charge in [-0.25, -0.2) is 0 Å². The third-order valence-electron chi connectivity index (χ3n) is 3.42. The summed E-state index contributed by atoms with van der Waals surface area (Å²) in [5.74, 6) is -0.786. The van der Waals surface area contributed by atoms with Crippen LogP contribution < -0.4 is 4.90 Å². The van der Waals surface area contributed by atoms with Crippen LogP contribution in [0.15, 0.2) is 24.3 Å². The summed E-state index contributed by atoms with van der Waals surface area (Å²) in [5.41, 5.74) is 0.938.